The van der Waals surface area contributed by atoms with E-state index in [2.05, 4.69) is 15.1 Å². The molecule has 1 aromatic heterocycles. The zero-order valence-corrected chi connectivity index (χ0v) is 18.7. The van der Waals surface area contributed by atoms with Crippen LogP contribution in [0.15, 0.2) is 65.1 Å². The number of hydrogen-bond donors (Lipinski definition) is 1. The number of para-hydroxylation sites is 1. The maximum atomic E-state index is 14.8. The van der Waals surface area contributed by atoms with E-state index in [9.17, 15) is 22.4 Å². The molecule has 0 saturated heterocycles. The molecule has 1 aliphatic rings. The average Bonchev–Trinajstić information content (AvgIpc) is 3.20. The largest absolute Gasteiger partial charge is 0.406 e. The number of fused-ring (bicyclic) bond motifs is 1. The number of halogens is 4. The van der Waals surface area contributed by atoms with Gasteiger partial charge in [0, 0.05) is 17.4 Å². The van der Waals surface area contributed by atoms with Crippen molar-refractivity contribution in [3.8, 4) is 5.69 Å². The number of aryl methyl sites for hydroxylation is 2. The van der Waals surface area contributed by atoms with Gasteiger partial charge < -0.3 is 15.3 Å². The first-order valence-corrected chi connectivity index (χ1v) is 10.7. The minimum atomic E-state index is -4.59. The van der Waals surface area contributed by atoms with Crippen molar-refractivity contribution in [2.75, 3.05) is 11.4 Å². The maximum Gasteiger partial charge on any atom is 0.406 e. The Morgan fingerprint density at radius 1 is 1.23 bits per heavy atom. The van der Waals surface area contributed by atoms with Crippen LogP contribution in [0, 0.1) is 12.7 Å². The molecule has 1 aliphatic heterocycles. The Bertz CT molecular complexity index is 1300. The third-order valence-electron chi connectivity index (χ3n) is 5.61. The molecule has 1 amide bonds. The van der Waals surface area contributed by atoms with Crippen LogP contribution in [0.2, 0.25) is 0 Å². The number of hydrogen-bond acceptors (Lipinski definition) is 5. The number of aromatic nitrogens is 2. The lowest BCUT2D eigenvalue weighted by molar-refractivity contribution is -0.133. The number of alkyl halides is 3. The summed E-state index contributed by atoms with van der Waals surface area (Å²) in [7, 11) is 0. The third kappa shape index (κ3) is 5.39. The van der Waals surface area contributed by atoms with Gasteiger partial charge in [-0.25, -0.2) is 9.37 Å². The molecule has 1 unspecified atom stereocenters. The average molecular weight is 486 g/mol. The van der Waals surface area contributed by atoms with Gasteiger partial charge in [-0.3, -0.25) is 9.79 Å². The normalized spacial score (nSPS) is 17.1. The maximum absolute atomic E-state index is 14.8. The van der Waals surface area contributed by atoms with Gasteiger partial charge in [0.05, 0.1) is 23.9 Å². The van der Waals surface area contributed by atoms with Crippen LogP contribution in [0.1, 0.15) is 23.2 Å². The van der Waals surface area contributed by atoms with Crippen LogP contribution in [0.4, 0.5) is 23.2 Å². The number of imidazole rings is 1. The van der Waals surface area contributed by atoms with E-state index in [4.69, 9.17) is 5.84 Å². The number of amides is 1. The first-order valence-electron chi connectivity index (χ1n) is 10.7. The molecular formula is C24H22F4N6O. The van der Waals surface area contributed by atoms with Gasteiger partial charge in [0.2, 0.25) is 0 Å². The number of rotatable bonds is 5. The summed E-state index contributed by atoms with van der Waals surface area (Å²) in [5.74, 6) is 4.14. The van der Waals surface area contributed by atoms with Crippen molar-refractivity contribution in [3.05, 3.63) is 77.6 Å². The fourth-order valence-corrected chi connectivity index (χ4v) is 3.95. The van der Waals surface area contributed by atoms with Gasteiger partial charge in [-0.05, 0) is 43.5 Å². The van der Waals surface area contributed by atoms with Crippen molar-refractivity contribution in [2.45, 2.75) is 32.0 Å². The highest BCUT2D eigenvalue weighted by molar-refractivity contribution is 6.38. The van der Waals surface area contributed by atoms with E-state index in [-0.39, 0.29) is 23.5 Å². The number of carbonyl (C=O) groups is 1. The SMILES string of the molecule is Cc1cn(-c2ccc(C(C=NC3CCc4ccccc4N(CC(F)(F)F)C3=O)=NN)cc2F)cn1. The van der Waals surface area contributed by atoms with Crippen molar-refractivity contribution in [1.82, 2.24) is 9.55 Å². The predicted molar refractivity (Wildman–Crippen MR) is 124 cm³/mol. The topological polar surface area (TPSA) is 88.9 Å². The van der Waals surface area contributed by atoms with Crippen LogP contribution in [-0.4, -0.2) is 46.1 Å². The van der Waals surface area contributed by atoms with Gasteiger partial charge >= 0.3 is 6.18 Å². The summed E-state index contributed by atoms with van der Waals surface area (Å²) in [6.45, 7) is 0.356. The van der Waals surface area contributed by atoms with Crippen LogP contribution in [0.5, 0.6) is 0 Å². The summed E-state index contributed by atoms with van der Waals surface area (Å²) in [6.07, 6.45) is 0.320. The van der Waals surface area contributed by atoms with Crippen molar-refractivity contribution >= 4 is 23.5 Å². The number of nitrogens with zero attached hydrogens (tertiary/aromatic N) is 5. The molecule has 0 radical (unpaired) electrons. The van der Waals surface area contributed by atoms with Gasteiger partial charge in [0.15, 0.2) is 0 Å². The standard InChI is InChI=1S/C24H22F4N6O/c1-15-12-33(14-31-15)22-9-7-17(10-18(22)25)20(32-29)11-30-19-8-6-16-4-2-3-5-21(16)34(23(19)35)13-24(26,27)28/h2-5,7,9-12,14,19H,6,8,13,29H2,1H3. The second kappa shape index (κ2) is 9.69. The first kappa shape index (κ1) is 24.1. The number of carbonyl (C=O) groups excluding carboxylic acids is 1. The highest BCUT2D eigenvalue weighted by Gasteiger charge is 2.38. The second-order valence-electron chi connectivity index (χ2n) is 8.10. The van der Waals surface area contributed by atoms with E-state index in [0.29, 0.717) is 22.4 Å². The lowest BCUT2D eigenvalue weighted by atomic mass is 10.1. The molecule has 0 spiro atoms. The molecule has 182 valence electrons. The van der Waals surface area contributed by atoms with Gasteiger partial charge in [0.1, 0.15) is 24.1 Å². The van der Waals surface area contributed by atoms with Crippen molar-refractivity contribution in [1.29, 1.82) is 0 Å². The lowest BCUT2D eigenvalue weighted by Gasteiger charge is -2.25. The monoisotopic (exact) mass is 486 g/mol. The molecular weight excluding hydrogens is 464 g/mol. The smallest absolute Gasteiger partial charge is 0.323 e. The summed E-state index contributed by atoms with van der Waals surface area (Å²) >= 11 is 0. The quantitative estimate of drug-likeness (QED) is 0.256. The Morgan fingerprint density at radius 3 is 2.66 bits per heavy atom. The van der Waals surface area contributed by atoms with E-state index in [1.807, 2.05) is 0 Å². The summed E-state index contributed by atoms with van der Waals surface area (Å²) < 4.78 is 56.0. The third-order valence-corrected chi connectivity index (χ3v) is 5.61. The summed E-state index contributed by atoms with van der Waals surface area (Å²) in [5, 5.41) is 3.63. The Morgan fingerprint density at radius 2 is 2.00 bits per heavy atom. The second-order valence-corrected chi connectivity index (χ2v) is 8.10. The molecule has 4 rings (SSSR count). The first-order chi connectivity index (χ1) is 16.7. The van der Waals surface area contributed by atoms with Crippen LogP contribution < -0.4 is 10.7 Å². The lowest BCUT2D eigenvalue weighted by Crippen LogP contribution is -2.43. The Labute approximate surface area is 198 Å². The Hall–Kier alpha value is -4.02. The zero-order valence-electron chi connectivity index (χ0n) is 18.7. The van der Waals surface area contributed by atoms with Crippen molar-refractivity contribution in [3.63, 3.8) is 0 Å². The summed E-state index contributed by atoms with van der Waals surface area (Å²) in [5.41, 5.74) is 2.21. The molecule has 0 fully saturated rings. The van der Waals surface area contributed by atoms with Crippen molar-refractivity contribution < 1.29 is 22.4 Å². The van der Waals surface area contributed by atoms with Crippen LogP contribution in [-0.2, 0) is 11.2 Å². The zero-order chi connectivity index (χ0) is 25.2. The van der Waals surface area contributed by atoms with Gasteiger partial charge in [-0.2, -0.15) is 18.3 Å². The predicted octanol–water partition coefficient (Wildman–Crippen LogP) is 3.96. The number of aliphatic imine (C=N–C) groups is 1. The van der Waals surface area contributed by atoms with Gasteiger partial charge in [-0.15, -0.1) is 0 Å². The molecule has 0 saturated carbocycles. The molecule has 35 heavy (non-hydrogen) atoms. The van der Waals surface area contributed by atoms with Crippen LogP contribution in [0.25, 0.3) is 5.69 Å². The van der Waals surface area contributed by atoms with E-state index in [0.717, 1.165) is 5.69 Å². The molecule has 2 heterocycles. The Kier molecular flexibility index (Phi) is 6.68. The molecule has 2 N–H and O–H groups in total. The fourth-order valence-electron chi connectivity index (χ4n) is 3.95. The highest BCUT2D eigenvalue weighted by Crippen LogP contribution is 2.31. The van der Waals surface area contributed by atoms with E-state index >= 15 is 0 Å². The van der Waals surface area contributed by atoms with E-state index in [1.54, 1.807) is 37.4 Å². The number of benzene rings is 2. The highest BCUT2D eigenvalue weighted by atomic mass is 19.4. The number of anilines is 1. The van der Waals surface area contributed by atoms with Crippen LogP contribution >= 0.6 is 0 Å². The molecule has 7 nitrogen and oxygen atoms in total. The Balaban J connectivity index is 1.59. The van der Waals surface area contributed by atoms with E-state index in [1.165, 1.54) is 35.3 Å². The minimum absolute atomic E-state index is 0.0780. The van der Waals surface area contributed by atoms with Crippen LogP contribution in [0.3, 0.4) is 0 Å². The number of hydrazone groups is 1. The molecule has 2 aromatic carbocycles. The molecule has 3 aromatic rings. The van der Waals surface area contributed by atoms with E-state index < -0.39 is 30.5 Å². The fraction of sp³-hybridized carbons (Fsp3) is 0.250. The molecule has 0 bridgehead atoms. The molecule has 11 heteroatoms. The number of nitrogens with two attached hydrogens (primary N) is 1. The minimum Gasteiger partial charge on any atom is -0.323 e. The van der Waals surface area contributed by atoms with Gasteiger partial charge in [0.25, 0.3) is 5.91 Å². The summed E-state index contributed by atoms with van der Waals surface area (Å²) in [6, 6.07) is 9.70. The molecule has 0 aliphatic carbocycles. The van der Waals surface area contributed by atoms with Gasteiger partial charge in [-0.1, -0.05) is 24.3 Å². The molecule has 1 atom stereocenters. The van der Waals surface area contributed by atoms with Crippen molar-refractivity contribution in [2.24, 2.45) is 15.9 Å². The summed E-state index contributed by atoms with van der Waals surface area (Å²) in [4.78, 5) is 22.1.